The Morgan fingerprint density at radius 2 is 0.779 bits per heavy atom. The van der Waals surface area contributed by atoms with E-state index in [1.165, 1.54) is 54.3 Å². The topological polar surface area (TPSA) is 6.48 Å². The molecule has 0 unspecified atom stereocenters. The quantitative estimate of drug-likeness (QED) is 0.142. The molecule has 0 amide bonds. The van der Waals surface area contributed by atoms with Crippen LogP contribution in [0.4, 0.5) is 38.5 Å². The van der Waals surface area contributed by atoms with Crippen LogP contribution in [0.25, 0.3) is 54.3 Å². The van der Waals surface area contributed by atoms with E-state index in [9.17, 15) is 0 Å². The molecular weight excluding hydrogens is 848 g/mol. The summed E-state index contributed by atoms with van der Waals surface area (Å²) in [5.41, 5.74) is 19.0. The van der Waals surface area contributed by atoms with Gasteiger partial charge in [0.25, 0.3) is 0 Å². The molecule has 1 heterocycles. The number of hydrogen-bond acceptors (Lipinski definition) is 3. The minimum absolute atomic E-state index is 0.279. The molecule has 2 aliphatic rings. The van der Waals surface area contributed by atoms with E-state index in [4.69, 9.17) is 0 Å². The first-order chi connectivity index (χ1) is 33.2. The van der Waals surface area contributed by atoms with Crippen LogP contribution in [-0.4, -0.2) is 0 Å². The van der Waals surface area contributed by atoms with Crippen LogP contribution in [0.3, 0.4) is 0 Å². The largest absolute Gasteiger partial charge is 0.310 e. The van der Waals surface area contributed by atoms with Crippen LogP contribution in [0.1, 0.15) is 49.9 Å². The SMILES string of the molecule is CC1(C)c2cc(N(c3ccccc3)c3ccccc3-c3ccccc3)ccc2-c2sc3c(c21)C(C)(C)c1cc(N(c2ccccc2)c2c(F)cc(-c4ccccc4)cc2-c2ccccc2)ccc1-3. The zero-order valence-electron chi connectivity index (χ0n) is 38.5. The third kappa shape index (κ3) is 6.65. The Morgan fingerprint density at radius 3 is 1.31 bits per heavy atom. The maximum atomic E-state index is 17.4. The average molecular weight is 897 g/mol. The molecule has 0 spiro atoms. The van der Waals surface area contributed by atoms with Crippen LogP contribution in [0.2, 0.25) is 0 Å². The second kappa shape index (κ2) is 16.2. The van der Waals surface area contributed by atoms with Crippen molar-refractivity contribution in [3.8, 4) is 54.3 Å². The molecule has 2 aliphatic carbocycles. The molecule has 328 valence electrons. The number of thiophene rings is 1. The normalized spacial score (nSPS) is 13.6. The highest BCUT2D eigenvalue weighted by atomic mass is 32.1. The van der Waals surface area contributed by atoms with E-state index < -0.39 is 0 Å². The van der Waals surface area contributed by atoms with Gasteiger partial charge in [0.15, 0.2) is 0 Å². The van der Waals surface area contributed by atoms with Crippen molar-refractivity contribution in [2.24, 2.45) is 0 Å². The Balaban J connectivity index is 0.975. The molecule has 12 rings (SSSR count). The van der Waals surface area contributed by atoms with Crippen LogP contribution in [-0.2, 0) is 10.8 Å². The van der Waals surface area contributed by atoms with Gasteiger partial charge in [-0.2, -0.15) is 0 Å². The lowest BCUT2D eigenvalue weighted by molar-refractivity contribution is 0.603. The van der Waals surface area contributed by atoms with Gasteiger partial charge in [-0.15, -0.1) is 11.3 Å². The summed E-state index contributed by atoms with van der Waals surface area (Å²) in [6, 6.07) is 78.4. The zero-order valence-corrected chi connectivity index (χ0v) is 39.4. The lowest BCUT2D eigenvalue weighted by Gasteiger charge is -2.32. The smallest absolute Gasteiger partial charge is 0.148 e. The molecule has 0 aliphatic heterocycles. The highest BCUT2D eigenvalue weighted by Crippen LogP contribution is 2.64. The summed E-state index contributed by atoms with van der Waals surface area (Å²) < 4.78 is 17.4. The fraction of sp³-hybridized carbons (Fsp3) is 0.0938. The zero-order chi connectivity index (χ0) is 46.1. The van der Waals surface area contributed by atoms with Crippen molar-refractivity contribution in [3.05, 3.63) is 253 Å². The van der Waals surface area contributed by atoms with Gasteiger partial charge >= 0.3 is 0 Å². The number of nitrogens with zero attached hydrogens (tertiary/aromatic N) is 2. The third-order valence-corrected chi connectivity index (χ3v) is 15.5. The van der Waals surface area contributed by atoms with Crippen LogP contribution in [0, 0.1) is 5.82 Å². The van der Waals surface area contributed by atoms with Crippen LogP contribution < -0.4 is 9.80 Å². The summed E-state index contributed by atoms with van der Waals surface area (Å²) in [5, 5.41) is 0. The van der Waals surface area contributed by atoms with Crippen LogP contribution in [0.15, 0.2) is 224 Å². The van der Waals surface area contributed by atoms with Gasteiger partial charge in [-0.1, -0.05) is 185 Å². The molecule has 68 heavy (non-hydrogen) atoms. The number of rotatable bonds is 9. The maximum absolute atomic E-state index is 17.4. The Bertz CT molecular complexity index is 3510. The monoisotopic (exact) mass is 896 g/mol. The highest BCUT2D eigenvalue weighted by molar-refractivity contribution is 7.19. The van der Waals surface area contributed by atoms with Crippen molar-refractivity contribution in [1.82, 2.24) is 0 Å². The van der Waals surface area contributed by atoms with Crippen molar-refractivity contribution in [3.63, 3.8) is 0 Å². The predicted octanol–water partition coefficient (Wildman–Crippen LogP) is 18.4. The minimum Gasteiger partial charge on any atom is -0.310 e. The molecule has 1 aromatic heterocycles. The summed E-state index contributed by atoms with van der Waals surface area (Å²) in [7, 11) is 0. The molecule has 0 radical (unpaired) electrons. The summed E-state index contributed by atoms with van der Waals surface area (Å²) in [6.07, 6.45) is 0. The number of fused-ring (bicyclic) bond motifs is 7. The van der Waals surface area contributed by atoms with Gasteiger partial charge in [-0.3, -0.25) is 0 Å². The van der Waals surface area contributed by atoms with Crippen LogP contribution in [0.5, 0.6) is 0 Å². The van der Waals surface area contributed by atoms with E-state index in [-0.39, 0.29) is 16.6 Å². The van der Waals surface area contributed by atoms with Gasteiger partial charge in [0.2, 0.25) is 0 Å². The molecule has 4 heteroatoms. The summed E-state index contributed by atoms with van der Waals surface area (Å²) >= 11 is 1.93. The fourth-order valence-corrected chi connectivity index (χ4v) is 12.7. The van der Waals surface area contributed by atoms with Gasteiger partial charge in [0.1, 0.15) is 5.82 Å². The van der Waals surface area contributed by atoms with Gasteiger partial charge in [-0.05, 0) is 122 Å². The van der Waals surface area contributed by atoms with Crippen molar-refractivity contribution >= 4 is 45.5 Å². The summed E-state index contributed by atoms with van der Waals surface area (Å²) in [4.78, 5) is 7.23. The Hall–Kier alpha value is -7.79. The van der Waals surface area contributed by atoms with Crippen molar-refractivity contribution in [2.75, 3.05) is 9.80 Å². The molecule has 0 saturated carbocycles. The lowest BCUT2D eigenvalue weighted by atomic mass is 9.74. The summed E-state index contributed by atoms with van der Waals surface area (Å²) in [6.45, 7) is 9.59. The molecule has 2 nitrogen and oxygen atoms in total. The fourth-order valence-electron chi connectivity index (χ4n) is 11.0. The molecule has 0 fully saturated rings. The summed E-state index contributed by atoms with van der Waals surface area (Å²) in [5.74, 6) is -0.279. The van der Waals surface area contributed by atoms with Crippen molar-refractivity contribution in [1.29, 1.82) is 0 Å². The van der Waals surface area contributed by atoms with Gasteiger partial charge in [0.05, 0.1) is 11.4 Å². The van der Waals surface area contributed by atoms with Crippen molar-refractivity contribution in [2.45, 2.75) is 38.5 Å². The van der Waals surface area contributed by atoms with E-state index in [0.717, 1.165) is 50.7 Å². The Kier molecular flexibility index (Phi) is 9.93. The van der Waals surface area contributed by atoms with Crippen LogP contribution >= 0.6 is 11.3 Å². The van der Waals surface area contributed by atoms with Crippen molar-refractivity contribution < 1.29 is 4.39 Å². The standard InChI is InChI=1S/C64H49FN2S/c1-63(2)54-40-48(66(46-28-16-8-17-29-46)57-33-21-20-32-50(57)43-24-12-6-13-25-43)34-36-51(54)61-58(63)59-62(68-61)52-37-35-49(41-55(52)64(59,3)4)67(47-30-18-9-19-31-47)60-53(44-26-14-7-15-27-44)38-45(39-56(60)65)42-22-10-5-11-23-42/h5-41H,1-4H3. The van der Waals surface area contributed by atoms with E-state index in [1.54, 1.807) is 6.07 Å². The van der Waals surface area contributed by atoms with E-state index in [2.05, 4.69) is 189 Å². The Morgan fingerprint density at radius 1 is 0.353 bits per heavy atom. The second-order valence-corrected chi connectivity index (χ2v) is 20.1. The average Bonchev–Trinajstić information content (AvgIpc) is 3.97. The number of benzene rings is 9. The second-order valence-electron chi connectivity index (χ2n) is 19.0. The molecule has 0 bridgehead atoms. The van der Waals surface area contributed by atoms with E-state index >= 15 is 4.39 Å². The van der Waals surface area contributed by atoms with E-state index in [1.807, 2.05) is 78.1 Å². The number of para-hydroxylation sites is 3. The molecule has 9 aromatic carbocycles. The first-order valence-electron chi connectivity index (χ1n) is 23.5. The van der Waals surface area contributed by atoms with Gasteiger partial charge in [-0.25, -0.2) is 4.39 Å². The number of anilines is 6. The predicted molar refractivity (Wildman–Crippen MR) is 285 cm³/mol. The minimum atomic E-state index is -0.335. The Labute approximate surface area is 402 Å². The van der Waals surface area contributed by atoms with E-state index in [0.29, 0.717) is 5.69 Å². The first kappa shape index (κ1) is 41.6. The molecule has 0 atom stereocenters. The molecule has 0 saturated heterocycles. The lowest BCUT2D eigenvalue weighted by Crippen LogP contribution is -2.23. The molecule has 0 N–H and O–H groups in total. The molecule has 10 aromatic rings. The number of hydrogen-bond donors (Lipinski definition) is 0. The first-order valence-corrected chi connectivity index (χ1v) is 24.3. The van der Waals surface area contributed by atoms with Gasteiger partial charge < -0.3 is 9.80 Å². The molecular formula is C64H49FN2S. The van der Waals surface area contributed by atoms with Gasteiger partial charge in [0, 0.05) is 54.5 Å². The highest BCUT2D eigenvalue weighted by Gasteiger charge is 2.48. The maximum Gasteiger partial charge on any atom is 0.148 e. The number of halogens is 1. The third-order valence-electron chi connectivity index (χ3n) is 14.3.